The van der Waals surface area contributed by atoms with Crippen LogP contribution >= 0.6 is 0 Å². The van der Waals surface area contributed by atoms with Crippen molar-refractivity contribution in [1.82, 2.24) is 0 Å². The Balaban J connectivity index is 3.43. The lowest BCUT2D eigenvalue weighted by Gasteiger charge is -2.29. The second kappa shape index (κ2) is 8.12. The first-order valence-corrected chi connectivity index (χ1v) is 11.0. The molecule has 1 rings (SSSR count). The van der Waals surface area contributed by atoms with Gasteiger partial charge in [0.05, 0.1) is 5.69 Å². The van der Waals surface area contributed by atoms with Gasteiger partial charge < -0.3 is 14.3 Å². The molecule has 0 fully saturated rings. The van der Waals surface area contributed by atoms with Crippen LogP contribution in [0.2, 0.25) is 13.1 Å². The van der Waals surface area contributed by atoms with Crippen molar-refractivity contribution < 1.29 is 23.9 Å². The molecule has 26 heavy (non-hydrogen) atoms. The number of hydrogen-bond acceptors (Lipinski definition) is 4. The number of ether oxygens (including phenoxy) is 1. The van der Waals surface area contributed by atoms with Crippen LogP contribution in [0.3, 0.4) is 0 Å². The number of carboxylic acid groups (broad SMARTS) is 1. The molecule has 0 unspecified atom stereocenters. The summed E-state index contributed by atoms with van der Waals surface area (Å²) in [5, 5.41) is 9.27. The molecule has 1 N–H and O–H groups in total. The van der Waals surface area contributed by atoms with E-state index in [4.69, 9.17) is 9.16 Å². The highest BCUT2D eigenvalue weighted by Gasteiger charge is 2.28. The van der Waals surface area contributed by atoms with Crippen molar-refractivity contribution in [3.8, 4) is 5.75 Å². The van der Waals surface area contributed by atoms with Crippen molar-refractivity contribution in [3.05, 3.63) is 23.8 Å². The van der Waals surface area contributed by atoms with E-state index in [0.29, 0.717) is 11.4 Å². The van der Waals surface area contributed by atoms with Crippen molar-refractivity contribution in [2.24, 2.45) is 0 Å². The van der Waals surface area contributed by atoms with Gasteiger partial charge in [0, 0.05) is 0 Å². The van der Waals surface area contributed by atoms with Gasteiger partial charge in [0.1, 0.15) is 17.9 Å². The number of rotatable bonds is 5. The van der Waals surface area contributed by atoms with E-state index in [0.717, 1.165) is 10.5 Å². The normalized spacial score (nSPS) is 12.0. The SMILES string of the molecule is C[Si](C)Oc1cc(C(C)(C)C)ccc1N(CC(=O)O)C(=O)OC(C)(C)C. The molecule has 0 aromatic heterocycles. The summed E-state index contributed by atoms with van der Waals surface area (Å²) in [6, 6.07) is 5.50. The number of aliphatic carboxylic acids is 1. The molecule has 0 atom stereocenters. The molecule has 0 saturated carbocycles. The Labute approximate surface area is 157 Å². The molecular formula is C19H30NO5Si. The quantitative estimate of drug-likeness (QED) is 0.764. The van der Waals surface area contributed by atoms with Crippen molar-refractivity contribution >= 4 is 26.8 Å². The topological polar surface area (TPSA) is 76.1 Å². The molecule has 1 amide bonds. The van der Waals surface area contributed by atoms with Crippen molar-refractivity contribution in [2.75, 3.05) is 11.4 Å². The van der Waals surface area contributed by atoms with Gasteiger partial charge in [0.25, 0.3) is 9.04 Å². The van der Waals surface area contributed by atoms with Crippen LogP contribution in [0.1, 0.15) is 47.1 Å². The molecule has 0 aliphatic heterocycles. The van der Waals surface area contributed by atoms with E-state index in [2.05, 4.69) is 20.8 Å². The van der Waals surface area contributed by atoms with Gasteiger partial charge in [-0.05, 0) is 57.0 Å². The minimum absolute atomic E-state index is 0.103. The third-order valence-electron chi connectivity index (χ3n) is 3.34. The number of amides is 1. The van der Waals surface area contributed by atoms with E-state index in [1.165, 1.54) is 0 Å². The number of carbonyl (C=O) groups excluding carboxylic acids is 1. The number of benzene rings is 1. The van der Waals surface area contributed by atoms with Crippen molar-refractivity contribution in [1.29, 1.82) is 0 Å². The van der Waals surface area contributed by atoms with Crippen LogP contribution in [0, 0.1) is 0 Å². The minimum Gasteiger partial charge on any atom is -0.541 e. The lowest BCUT2D eigenvalue weighted by molar-refractivity contribution is -0.135. The molecule has 0 aliphatic carbocycles. The van der Waals surface area contributed by atoms with Crippen LogP contribution in [0.4, 0.5) is 10.5 Å². The Hall–Kier alpha value is -2.02. The first kappa shape index (κ1) is 22.0. The van der Waals surface area contributed by atoms with Gasteiger partial charge in [-0.1, -0.05) is 26.8 Å². The first-order chi connectivity index (χ1) is 11.7. The van der Waals surface area contributed by atoms with E-state index in [1.807, 2.05) is 25.2 Å². The van der Waals surface area contributed by atoms with Crippen LogP contribution in [-0.2, 0) is 14.9 Å². The fourth-order valence-electron chi connectivity index (χ4n) is 2.21. The fraction of sp³-hybridized carbons (Fsp3) is 0.579. The number of carbonyl (C=O) groups is 2. The number of hydrogen-bond donors (Lipinski definition) is 1. The average molecular weight is 381 g/mol. The molecule has 7 heteroatoms. The molecule has 6 nitrogen and oxygen atoms in total. The summed E-state index contributed by atoms with van der Waals surface area (Å²) in [5.41, 5.74) is 0.610. The maximum Gasteiger partial charge on any atom is 0.415 e. The van der Waals surface area contributed by atoms with Gasteiger partial charge in [-0.15, -0.1) is 0 Å². The predicted molar refractivity (Wildman–Crippen MR) is 104 cm³/mol. The Bertz CT molecular complexity index is 659. The lowest BCUT2D eigenvalue weighted by atomic mass is 9.87. The molecule has 0 heterocycles. The van der Waals surface area contributed by atoms with Crippen LogP contribution < -0.4 is 9.33 Å². The van der Waals surface area contributed by atoms with Crippen LogP contribution in [0.5, 0.6) is 5.75 Å². The molecule has 1 radical (unpaired) electrons. The van der Waals surface area contributed by atoms with Crippen LogP contribution in [0.15, 0.2) is 18.2 Å². The Kier molecular flexibility index (Phi) is 6.87. The predicted octanol–water partition coefficient (Wildman–Crippen LogP) is 4.44. The van der Waals surface area contributed by atoms with Crippen molar-refractivity contribution in [3.63, 3.8) is 0 Å². The highest BCUT2D eigenvalue weighted by Crippen LogP contribution is 2.35. The Morgan fingerprint density at radius 1 is 1.12 bits per heavy atom. The molecule has 1 aromatic rings. The third-order valence-corrected chi connectivity index (χ3v) is 3.97. The number of anilines is 1. The summed E-state index contributed by atoms with van der Waals surface area (Å²) >= 11 is 0. The highest BCUT2D eigenvalue weighted by molar-refractivity contribution is 6.49. The van der Waals surface area contributed by atoms with Gasteiger partial charge in [-0.3, -0.25) is 9.69 Å². The van der Waals surface area contributed by atoms with E-state index >= 15 is 0 Å². The minimum atomic E-state index is -1.12. The zero-order chi connectivity index (χ0) is 20.3. The zero-order valence-electron chi connectivity index (χ0n) is 17.0. The summed E-state index contributed by atoms with van der Waals surface area (Å²) in [5.74, 6) is -0.622. The van der Waals surface area contributed by atoms with Crippen LogP contribution in [-0.4, -0.2) is 38.4 Å². The summed E-state index contributed by atoms with van der Waals surface area (Å²) in [7, 11) is -1.12. The third kappa shape index (κ3) is 6.71. The molecule has 1 aromatic carbocycles. The van der Waals surface area contributed by atoms with E-state index in [1.54, 1.807) is 26.8 Å². The molecule has 0 aliphatic rings. The number of carboxylic acids is 1. The summed E-state index contributed by atoms with van der Waals surface area (Å²) in [6.45, 7) is 14.9. The highest BCUT2D eigenvalue weighted by atomic mass is 28.3. The first-order valence-electron chi connectivity index (χ1n) is 8.55. The van der Waals surface area contributed by atoms with Gasteiger partial charge in [0.15, 0.2) is 0 Å². The van der Waals surface area contributed by atoms with Gasteiger partial charge in [-0.25, -0.2) is 4.79 Å². The maximum absolute atomic E-state index is 12.6. The largest absolute Gasteiger partial charge is 0.541 e. The molecule has 145 valence electrons. The van der Waals surface area contributed by atoms with Gasteiger partial charge >= 0.3 is 12.1 Å². The molecule has 0 bridgehead atoms. The second-order valence-electron chi connectivity index (χ2n) is 8.40. The summed E-state index contributed by atoms with van der Waals surface area (Å²) in [6.07, 6.45) is -0.714. The molecule has 0 saturated heterocycles. The Morgan fingerprint density at radius 2 is 1.69 bits per heavy atom. The van der Waals surface area contributed by atoms with Crippen LogP contribution in [0.25, 0.3) is 0 Å². The molecular weight excluding hydrogens is 350 g/mol. The second-order valence-corrected chi connectivity index (χ2v) is 10.4. The fourth-order valence-corrected chi connectivity index (χ4v) is 2.81. The number of nitrogens with zero attached hydrogens (tertiary/aromatic N) is 1. The van der Waals surface area contributed by atoms with E-state index in [9.17, 15) is 14.7 Å². The van der Waals surface area contributed by atoms with Gasteiger partial charge in [-0.2, -0.15) is 0 Å². The molecule has 0 spiro atoms. The van der Waals surface area contributed by atoms with Crippen molar-refractivity contribution in [2.45, 2.75) is 65.7 Å². The van der Waals surface area contributed by atoms with Gasteiger partial charge in [0.2, 0.25) is 0 Å². The monoisotopic (exact) mass is 380 g/mol. The van der Waals surface area contributed by atoms with E-state index in [-0.39, 0.29) is 5.41 Å². The lowest BCUT2D eigenvalue weighted by Crippen LogP contribution is -2.40. The smallest absolute Gasteiger partial charge is 0.415 e. The standard InChI is InChI=1S/C19H30NO5Si/c1-18(2,3)13-9-10-14(15(11-13)25-26(7)8)20(12-16(21)22)17(23)24-19(4,5)6/h9-11H,12H2,1-8H3,(H,21,22). The summed E-state index contributed by atoms with van der Waals surface area (Å²) in [4.78, 5) is 25.0. The van der Waals surface area contributed by atoms with E-state index < -0.39 is 33.2 Å². The Morgan fingerprint density at radius 3 is 2.12 bits per heavy atom. The maximum atomic E-state index is 12.6. The zero-order valence-corrected chi connectivity index (χ0v) is 18.0. The average Bonchev–Trinajstić information content (AvgIpc) is 2.41. The summed E-state index contributed by atoms with van der Waals surface area (Å²) < 4.78 is 11.4.